The number of hydrogen-bond acceptors (Lipinski definition) is 3. The van der Waals surface area contributed by atoms with Crippen LogP contribution in [0.5, 0.6) is 0 Å². The summed E-state index contributed by atoms with van der Waals surface area (Å²) in [5, 5.41) is 0. The Morgan fingerprint density at radius 1 is 1.04 bits per heavy atom. The lowest BCUT2D eigenvalue weighted by Gasteiger charge is -2.24. The van der Waals surface area contributed by atoms with Crippen molar-refractivity contribution in [2.45, 2.75) is 32.6 Å². The average Bonchev–Trinajstić information content (AvgIpc) is 2.92. The van der Waals surface area contributed by atoms with Crippen LogP contribution in [0.3, 0.4) is 0 Å². The lowest BCUT2D eigenvalue weighted by molar-refractivity contribution is 0.0756. The smallest absolute Gasteiger partial charge is 0.272 e. The fraction of sp³-hybridized carbons (Fsp3) is 0.400. The van der Waals surface area contributed by atoms with Crippen LogP contribution in [-0.2, 0) is 0 Å². The number of rotatable bonds is 4. The Balaban J connectivity index is 1.84. The summed E-state index contributed by atoms with van der Waals surface area (Å²) in [6, 6.07) is 14.1. The third-order valence-electron chi connectivity index (χ3n) is 4.55. The molecule has 0 saturated carbocycles. The number of carbonyl (C=O) groups excluding carboxylic acids is 1. The molecule has 2 aromatic rings. The molecule has 1 aliphatic rings. The summed E-state index contributed by atoms with van der Waals surface area (Å²) in [5.41, 5.74) is 2.68. The first-order valence-corrected chi connectivity index (χ1v) is 8.87. The maximum Gasteiger partial charge on any atom is 0.272 e. The van der Waals surface area contributed by atoms with Crippen molar-refractivity contribution in [3.05, 3.63) is 54.4 Å². The lowest BCUT2D eigenvalue weighted by Crippen LogP contribution is -2.32. The highest BCUT2D eigenvalue weighted by atomic mass is 16.2. The standard InChI is InChI=1S/C20H25N3O/c1-2-23(17-10-6-5-7-11-17)18-12-13-21-19(16-18)20(24)22-14-8-3-4-9-15-22/h5-7,10-13,16H,2-4,8-9,14-15H2,1H3. The summed E-state index contributed by atoms with van der Waals surface area (Å²) in [5.74, 6) is 0.0582. The van der Waals surface area contributed by atoms with Crippen LogP contribution in [0.4, 0.5) is 11.4 Å². The lowest BCUT2D eigenvalue weighted by atomic mass is 10.2. The van der Waals surface area contributed by atoms with Gasteiger partial charge in [-0.15, -0.1) is 0 Å². The number of para-hydroxylation sites is 1. The van der Waals surface area contributed by atoms with Crippen LogP contribution in [-0.4, -0.2) is 35.4 Å². The van der Waals surface area contributed by atoms with E-state index in [1.807, 2.05) is 35.2 Å². The van der Waals surface area contributed by atoms with Crippen molar-refractivity contribution in [3.63, 3.8) is 0 Å². The van der Waals surface area contributed by atoms with Crippen LogP contribution >= 0.6 is 0 Å². The SMILES string of the molecule is CCN(c1ccccc1)c1ccnc(C(=O)N2CCCCCC2)c1. The van der Waals surface area contributed by atoms with Gasteiger partial charge in [-0.2, -0.15) is 0 Å². The molecule has 1 saturated heterocycles. The summed E-state index contributed by atoms with van der Waals surface area (Å²) >= 11 is 0. The van der Waals surface area contributed by atoms with Gasteiger partial charge in [0.15, 0.2) is 0 Å². The fourth-order valence-corrected chi connectivity index (χ4v) is 3.26. The zero-order chi connectivity index (χ0) is 16.8. The molecule has 1 aromatic carbocycles. The molecule has 1 aliphatic heterocycles. The first-order chi connectivity index (χ1) is 11.8. The van der Waals surface area contributed by atoms with Crippen molar-refractivity contribution in [1.29, 1.82) is 0 Å². The molecule has 1 fully saturated rings. The van der Waals surface area contributed by atoms with Gasteiger partial charge in [0.2, 0.25) is 0 Å². The van der Waals surface area contributed by atoms with Gasteiger partial charge >= 0.3 is 0 Å². The number of likely N-dealkylation sites (tertiary alicyclic amines) is 1. The number of hydrogen-bond donors (Lipinski definition) is 0. The van der Waals surface area contributed by atoms with Crippen LogP contribution in [0.15, 0.2) is 48.7 Å². The van der Waals surface area contributed by atoms with E-state index < -0.39 is 0 Å². The first kappa shape index (κ1) is 16.5. The minimum Gasteiger partial charge on any atom is -0.342 e. The van der Waals surface area contributed by atoms with E-state index in [0.717, 1.165) is 43.9 Å². The van der Waals surface area contributed by atoms with Crippen molar-refractivity contribution >= 4 is 17.3 Å². The molecule has 0 unspecified atom stereocenters. The largest absolute Gasteiger partial charge is 0.342 e. The number of anilines is 2. The Kier molecular flexibility index (Phi) is 5.47. The Bertz CT molecular complexity index is 664. The van der Waals surface area contributed by atoms with E-state index in [1.165, 1.54) is 12.8 Å². The molecular weight excluding hydrogens is 298 g/mol. The van der Waals surface area contributed by atoms with E-state index in [-0.39, 0.29) is 5.91 Å². The average molecular weight is 323 g/mol. The van der Waals surface area contributed by atoms with Crippen molar-refractivity contribution in [2.24, 2.45) is 0 Å². The van der Waals surface area contributed by atoms with E-state index in [0.29, 0.717) is 5.69 Å². The number of amides is 1. The Morgan fingerprint density at radius 3 is 2.42 bits per heavy atom. The van der Waals surface area contributed by atoms with Gasteiger partial charge in [-0.05, 0) is 44.0 Å². The minimum atomic E-state index is 0.0582. The molecule has 4 nitrogen and oxygen atoms in total. The van der Waals surface area contributed by atoms with Gasteiger partial charge in [-0.3, -0.25) is 9.78 Å². The molecule has 0 spiro atoms. The molecule has 0 aliphatic carbocycles. The third-order valence-corrected chi connectivity index (χ3v) is 4.55. The molecule has 0 radical (unpaired) electrons. The summed E-state index contributed by atoms with van der Waals surface area (Å²) in [6.45, 7) is 4.65. The second-order valence-electron chi connectivity index (χ2n) is 6.19. The summed E-state index contributed by atoms with van der Waals surface area (Å²) < 4.78 is 0. The van der Waals surface area contributed by atoms with Gasteiger partial charge in [0.25, 0.3) is 5.91 Å². The molecule has 2 heterocycles. The van der Waals surface area contributed by atoms with Crippen molar-refractivity contribution in [3.8, 4) is 0 Å². The number of nitrogens with zero attached hydrogens (tertiary/aromatic N) is 3. The molecule has 126 valence electrons. The van der Waals surface area contributed by atoms with Crippen LogP contribution in [0.25, 0.3) is 0 Å². The van der Waals surface area contributed by atoms with E-state index in [4.69, 9.17) is 0 Å². The van der Waals surface area contributed by atoms with Crippen molar-refractivity contribution in [2.75, 3.05) is 24.5 Å². The maximum absolute atomic E-state index is 12.8. The number of aromatic nitrogens is 1. The predicted molar refractivity (Wildman–Crippen MR) is 97.7 cm³/mol. The van der Waals surface area contributed by atoms with Gasteiger partial charge in [0, 0.05) is 37.2 Å². The zero-order valence-corrected chi connectivity index (χ0v) is 14.3. The Morgan fingerprint density at radius 2 is 1.75 bits per heavy atom. The highest BCUT2D eigenvalue weighted by Crippen LogP contribution is 2.25. The quantitative estimate of drug-likeness (QED) is 0.843. The molecule has 0 N–H and O–H groups in total. The second-order valence-corrected chi connectivity index (χ2v) is 6.19. The van der Waals surface area contributed by atoms with Crippen LogP contribution in [0.1, 0.15) is 43.1 Å². The summed E-state index contributed by atoms with van der Waals surface area (Å²) in [6.07, 6.45) is 6.36. The third kappa shape index (κ3) is 3.75. The molecule has 0 bridgehead atoms. The fourth-order valence-electron chi connectivity index (χ4n) is 3.26. The monoisotopic (exact) mass is 323 g/mol. The van der Waals surface area contributed by atoms with Gasteiger partial charge in [-0.25, -0.2) is 0 Å². The van der Waals surface area contributed by atoms with Crippen molar-refractivity contribution in [1.82, 2.24) is 9.88 Å². The molecule has 1 amide bonds. The topological polar surface area (TPSA) is 36.4 Å². The predicted octanol–water partition coefficient (Wildman–Crippen LogP) is 4.26. The number of benzene rings is 1. The highest BCUT2D eigenvalue weighted by Gasteiger charge is 2.19. The van der Waals surface area contributed by atoms with Crippen LogP contribution < -0.4 is 4.90 Å². The first-order valence-electron chi connectivity index (χ1n) is 8.87. The maximum atomic E-state index is 12.8. The summed E-state index contributed by atoms with van der Waals surface area (Å²) in [7, 11) is 0. The molecule has 3 rings (SSSR count). The molecule has 4 heteroatoms. The molecule has 24 heavy (non-hydrogen) atoms. The normalized spacial score (nSPS) is 15.0. The van der Waals surface area contributed by atoms with E-state index in [9.17, 15) is 4.79 Å². The number of carbonyl (C=O) groups is 1. The zero-order valence-electron chi connectivity index (χ0n) is 14.3. The molecule has 1 aromatic heterocycles. The Hall–Kier alpha value is -2.36. The molecular formula is C20H25N3O. The van der Waals surface area contributed by atoms with Gasteiger partial charge in [0.05, 0.1) is 0 Å². The van der Waals surface area contributed by atoms with Crippen molar-refractivity contribution < 1.29 is 4.79 Å². The highest BCUT2D eigenvalue weighted by molar-refractivity contribution is 5.93. The van der Waals surface area contributed by atoms with E-state index in [2.05, 4.69) is 28.9 Å². The van der Waals surface area contributed by atoms with Crippen LogP contribution in [0, 0.1) is 0 Å². The summed E-state index contributed by atoms with van der Waals surface area (Å²) in [4.78, 5) is 21.3. The Labute approximate surface area is 144 Å². The van der Waals surface area contributed by atoms with Gasteiger partial charge in [-0.1, -0.05) is 31.0 Å². The van der Waals surface area contributed by atoms with Gasteiger partial charge < -0.3 is 9.80 Å². The van der Waals surface area contributed by atoms with E-state index >= 15 is 0 Å². The minimum absolute atomic E-state index is 0.0582. The second kappa shape index (κ2) is 7.95. The molecule has 0 atom stereocenters. The van der Waals surface area contributed by atoms with Gasteiger partial charge in [0.1, 0.15) is 5.69 Å². The number of pyridine rings is 1. The van der Waals surface area contributed by atoms with E-state index in [1.54, 1.807) is 6.20 Å². The van der Waals surface area contributed by atoms with Crippen LogP contribution in [0.2, 0.25) is 0 Å².